The Kier molecular flexibility index (Phi) is 25.3. The van der Waals surface area contributed by atoms with Crippen LogP contribution in [0.3, 0.4) is 0 Å². The zero-order valence-corrected chi connectivity index (χ0v) is 22.0. The highest BCUT2D eigenvalue weighted by Gasteiger charge is 2.18. The van der Waals surface area contributed by atoms with Gasteiger partial charge in [0.1, 0.15) is 0 Å². The second-order valence-corrected chi connectivity index (χ2v) is 9.95. The van der Waals surface area contributed by atoms with Crippen LogP contribution in [0.15, 0.2) is 35.2 Å². The first kappa shape index (κ1) is 30.8. The molecular formula is C28H54S. The zero-order valence-electron chi connectivity index (χ0n) is 21.2. The van der Waals surface area contributed by atoms with E-state index >= 15 is 0 Å². The Bertz CT molecular complexity index is 396. The van der Waals surface area contributed by atoms with Crippen LogP contribution in [-0.4, -0.2) is 4.75 Å². The highest BCUT2D eigenvalue weighted by atomic mass is 32.2. The average Bonchev–Trinajstić information content (AvgIpc) is 2.75. The third-order valence-electron chi connectivity index (χ3n) is 5.02. The lowest BCUT2D eigenvalue weighted by molar-refractivity contribution is 0.520. The van der Waals surface area contributed by atoms with E-state index < -0.39 is 0 Å². The van der Waals surface area contributed by atoms with Crippen LogP contribution in [0, 0.1) is 0 Å². The van der Waals surface area contributed by atoms with E-state index in [1.807, 2.05) is 39.5 Å². The highest BCUT2D eigenvalue weighted by Crippen LogP contribution is 2.36. The summed E-state index contributed by atoms with van der Waals surface area (Å²) >= 11 is 2.03. The normalized spacial score (nSPS) is 10.6. The molecule has 1 aromatic carbocycles. The molecule has 0 fully saturated rings. The molecule has 0 radical (unpaired) electrons. The number of hydrogen-bond acceptors (Lipinski definition) is 1. The molecule has 0 nitrogen and oxygen atoms in total. The molecule has 0 saturated heterocycles. The van der Waals surface area contributed by atoms with Gasteiger partial charge in [0.25, 0.3) is 0 Å². The fourth-order valence-corrected chi connectivity index (χ4v) is 4.60. The molecule has 172 valence electrons. The minimum Gasteiger partial charge on any atom is -0.120 e. The molecule has 0 unspecified atom stereocenters. The minimum atomic E-state index is 0.360. The molecule has 1 aromatic rings. The summed E-state index contributed by atoms with van der Waals surface area (Å²) in [5, 5.41) is 0. The molecule has 29 heavy (non-hydrogen) atoms. The average molecular weight is 423 g/mol. The van der Waals surface area contributed by atoms with Gasteiger partial charge in [-0.15, -0.1) is 11.8 Å². The van der Waals surface area contributed by atoms with Crippen molar-refractivity contribution in [3.8, 4) is 0 Å². The first-order chi connectivity index (χ1) is 14.1. The largest absolute Gasteiger partial charge is 0.120 e. The van der Waals surface area contributed by atoms with Gasteiger partial charge in [-0.05, 0) is 18.6 Å². The van der Waals surface area contributed by atoms with Crippen LogP contribution in [0.25, 0.3) is 0 Å². The van der Waals surface area contributed by atoms with Crippen LogP contribution in [0.2, 0.25) is 0 Å². The van der Waals surface area contributed by atoms with Crippen molar-refractivity contribution in [2.45, 2.75) is 148 Å². The maximum atomic E-state index is 2.39. The quantitative estimate of drug-likeness (QED) is 0.188. The molecule has 1 heteroatoms. The standard InChI is InChI=1S/C24H42S.2C2H6/c1-4-5-6-7-8-9-10-11-12-13-14-15-19-22-24(2,3)25-23-20-17-16-18-21-23;2*1-2/h16-18,20-21H,4-15,19,22H2,1-3H3;2*1-2H3. The van der Waals surface area contributed by atoms with Gasteiger partial charge in [-0.3, -0.25) is 0 Å². The van der Waals surface area contributed by atoms with E-state index in [0.717, 1.165) is 0 Å². The van der Waals surface area contributed by atoms with E-state index in [2.05, 4.69) is 51.1 Å². The van der Waals surface area contributed by atoms with Crippen molar-refractivity contribution >= 4 is 11.8 Å². The number of unbranched alkanes of at least 4 members (excludes halogenated alkanes) is 12. The van der Waals surface area contributed by atoms with Gasteiger partial charge in [0, 0.05) is 9.64 Å². The zero-order chi connectivity index (χ0) is 22.2. The molecule has 0 aliphatic heterocycles. The van der Waals surface area contributed by atoms with E-state index in [-0.39, 0.29) is 0 Å². The summed E-state index contributed by atoms with van der Waals surface area (Å²) in [5.41, 5.74) is 0. The second kappa shape index (κ2) is 23.8. The number of rotatable bonds is 16. The Labute approximate surface area is 190 Å². The smallest absolute Gasteiger partial charge is 0.0150 e. The Morgan fingerprint density at radius 1 is 0.586 bits per heavy atom. The van der Waals surface area contributed by atoms with Gasteiger partial charge < -0.3 is 0 Å². The number of benzene rings is 1. The Morgan fingerprint density at radius 2 is 0.966 bits per heavy atom. The van der Waals surface area contributed by atoms with Crippen LogP contribution in [0.5, 0.6) is 0 Å². The summed E-state index contributed by atoms with van der Waals surface area (Å²) in [5.74, 6) is 0. The van der Waals surface area contributed by atoms with E-state index in [9.17, 15) is 0 Å². The van der Waals surface area contributed by atoms with Gasteiger partial charge in [-0.2, -0.15) is 0 Å². The van der Waals surface area contributed by atoms with Crippen LogP contribution >= 0.6 is 11.8 Å². The van der Waals surface area contributed by atoms with Crippen molar-refractivity contribution in [2.24, 2.45) is 0 Å². The van der Waals surface area contributed by atoms with Gasteiger partial charge in [0.2, 0.25) is 0 Å². The fourth-order valence-electron chi connectivity index (χ4n) is 3.43. The van der Waals surface area contributed by atoms with Crippen molar-refractivity contribution < 1.29 is 0 Å². The molecule has 0 saturated carbocycles. The van der Waals surface area contributed by atoms with E-state index in [0.29, 0.717) is 4.75 Å². The minimum absolute atomic E-state index is 0.360. The Balaban J connectivity index is 0. The van der Waals surface area contributed by atoms with Gasteiger partial charge in [0.15, 0.2) is 0 Å². The maximum Gasteiger partial charge on any atom is 0.0150 e. The fraction of sp³-hybridized carbons (Fsp3) is 0.786. The van der Waals surface area contributed by atoms with Crippen LogP contribution in [0.4, 0.5) is 0 Å². The van der Waals surface area contributed by atoms with E-state index in [4.69, 9.17) is 0 Å². The molecule has 0 aromatic heterocycles. The molecule has 0 amide bonds. The van der Waals surface area contributed by atoms with Gasteiger partial charge in [-0.1, -0.05) is 150 Å². The predicted molar refractivity (Wildman–Crippen MR) is 139 cm³/mol. The molecule has 0 N–H and O–H groups in total. The third kappa shape index (κ3) is 22.1. The molecule has 0 spiro atoms. The van der Waals surface area contributed by atoms with Gasteiger partial charge in [0.05, 0.1) is 0 Å². The van der Waals surface area contributed by atoms with Crippen molar-refractivity contribution in [3.63, 3.8) is 0 Å². The highest BCUT2D eigenvalue weighted by molar-refractivity contribution is 8.00. The van der Waals surface area contributed by atoms with Crippen LogP contribution < -0.4 is 0 Å². The van der Waals surface area contributed by atoms with Crippen molar-refractivity contribution in [2.75, 3.05) is 0 Å². The second-order valence-electron chi connectivity index (χ2n) is 8.17. The van der Waals surface area contributed by atoms with Crippen LogP contribution in [-0.2, 0) is 0 Å². The lowest BCUT2D eigenvalue weighted by atomic mass is 10.0. The monoisotopic (exact) mass is 422 g/mol. The summed E-state index contributed by atoms with van der Waals surface area (Å²) in [6.45, 7) is 15.1. The maximum absolute atomic E-state index is 2.39. The van der Waals surface area contributed by atoms with E-state index in [1.165, 1.54) is 94.8 Å². The SMILES string of the molecule is CC.CC.CCCCCCCCCCCCCCCC(C)(C)Sc1ccccc1. The molecule has 0 aliphatic rings. The molecule has 0 heterocycles. The number of hydrogen-bond donors (Lipinski definition) is 0. The lowest BCUT2D eigenvalue weighted by Gasteiger charge is -2.24. The van der Waals surface area contributed by atoms with Gasteiger partial charge >= 0.3 is 0 Å². The van der Waals surface area contributed by atoms with Crippen molar-refractivity contribution in [1.29, 1.82) is 0 Å². The topological polar surface area (TPSA) is 0 Å². The summed E-state index contributed by atoms with van der Waals surface area (Å²) in [7, 11) is 0. The van der Waals surface area contributed by atoms with Crippen molar-refractivity contribution in [3.05, 3.63) is 30.3 Å². The molecule has 0 aliphatic carbocycles. The van der Waals surface area contributed by atoms with Crippen molar-refractivity contribution in [1.82, 2.24) is 0 Å². The lowest BCUT2D eigenvalue weighted by Crippen LogP contribution is -2.13. The van der Waals surface area contributed by atoms with Crippen LogP contribution in [0.1, 0.15) is 138 Å². The molecule has 1 rings (SSSR count). The third-order valence-corrected chi connectivity index (χ3v) is 6.28. The van der Waals surface area contributed by atoms with E-state index in [1.54, 1.807) is 0 Å². The Morgan fingerprint density at radius 3 is 1.38 bits per heavy atom. The summed E-state index contributed by atoms with van der Waals surface area (Å²) in [6.07, 6.45) is 20.0. The molecule has 0 bridgehead atoms. The first-order valence-electron chi connectivity index (χ1n) is 12.9. The first-order valence-corrected chi connectivity index (χ1v) is 13.7. The molecular weight excluding hydrogens is 368 g/mol. The molecule has 0 atom stereocenters. The summed E-state index contributed by atoms with van der Waals surface area (Å²) < 4.78 is 0.360. The van der Waals surface area contributed by atoms with Gasteiger partial charge in [-0.25, -0.2) is 0 Å². The Hall–Kier alpha value is -0.430. The number of thioether (sulfide) groups is 1. The predicted octanol–water partition coefficient (Wildman–Crippen LogP) is 11.1. The summed E-state index contributed by atoms with van der Waals surface area (Å²) in [6, 6.07) is 10.9. The summed E-state index contributed by atoms with van der Waals surface area (Å²) in [4.78, 5) is 1.40.